The second-order valence-corrected chi connectivity index (χ2v) is 8.07. The van der Waals surface area contributed by atoms with Crippen LogP contribution in [-0.4, -0.2) is 61.0 Å². The van der Waals surface area contributed by atoms with Crippen LogP contribution in [0.2, 0.25) is 0 Å². The standard InChI is InChI=1S/C21H34N4O/c1-24-14-10-21(11-15-24,25-12-6-3-7-13-25)17-23-20(26)16-19(22)18-8-4-2-5-9-18/h2,4-5,8-9,19H,3,6-7,10-17,22H2,1H3,(H,23,26). The predicted octanol–water partition coefficient (Wildman–Crippen LogP) is 2.14. The Bertz CT molecular complexity index is 563. The molecular weight excluding hydrogens is 324 g/mol. The van der Waals surface area contributed by atoms with Gasteiger partial charge >= 0.3 is 0 Å². The first kappa shape index (κ1) is 19.3. The summed E-state index contributed by atoms with van der Waals surface area (Å²) in [5.74, 6) is 0.0664. The molecule has 26 heavy (non-hydrogen) atoms. The fourth-order valence-corrected chi connectivity index (χ4v) is 4.36. The number of hydrogen-bond acceptors (Lipinski definition) is 4. The van der Waals surface area contributed by atoms with Crippen molar-refractivity contribution in [2.45, 2.75) is 50.1 Å². The molecule has 144 valence electrons. The van der Waals surface area contributed by atoms with E-state index in [1.165, 1.54) is 32.4 Å². The third kappa shape index (κ3) is 4.84. The second-order valence-electron chi connectivity index (χ2n) is 8.07. The van der Waals surface area contributed by atoms with Gasteiger partial charge in [0.15, 0.2) is 0 Å². The van der Waals surface area contributed by atoms with Crippen LogP contribution in [0.1, 0.15) is 50.1 Å². The predicted molar refractivity (Wildman–Crippen MR) is 106 cm³/mol. The molecule has 2 aliphatic heterocycles. The lowest BCUT2D eigenvalue weighted by Gasteiger charge is -2.50. The van der Waals surface area contributed by atoms with Crippen molar-refractivity contribution in [3.05, 3.63) is 35.9 Å². The van der Waals surface area contributed by atoms with Crippen LogP contribution in [0.25, 0.3) is 0 Å². The molecule has 2 saturated heterocycles. The number of piperidine rings is 2. The molecule has 1 atom stereocenters. The monoisotopic (exact) mass is 358 g/mol. The molecule has 2 aliphatic rings. The van der Waals surface area contributed by atoms with Crippen molar-refractivity contribution in [1.29, 1.82) is 0 Å². The largest absolute Gasteiger partial charge is 0.354 e. The first-order chi connectivity index (χ1) is 12.6. The van der Waals surface area contributed by atoms with Crippen LogP contribution in [0.4, 0.5) is 0 Å². The topological polar surface area (TPSA) is 61.6 Å². The summed E-state index contributed by atoms with van der Waals surface area (Å²) < 4.78 is 0. The number of likely N-dealkylation sites (tertiary alicyclic amines) is 2. The summed E-state index contributed by atoms with van der Waals surface area (Å²) in [7, 11) is 2.19. The molecule has 2 fully saturated rings. The molecule has 0 radical (unpaired) electrons. The van der Waals surface area contributed by atoms with E-state index in [9.17, 15) is 4.79 Å². The summed E-state index contributed by atoms with van der Waals surface area (Å²) in [6.45, 7) is 5.30. The van der Waals surface area contributed by atoms with E-state index in [2.05, 4.69) is 22.2 Å². The minimum atomic E-state index is -0.236. The molecule has 1 aromatic carbocycles. The molecule has 1 unspecified atom stereocenters. The fraction of sp³-hybridized carbons (Fsp3) is 0.667. The minimum Gasteiger partial charge on any atom is -0.354 e. The zero-order chi connectivity index (χ0) is 18.4. The Labute approximate surface area is 157 Å². The van der Waals surface area contributed by atoms with E-state index in [1.807, 2.05) is 30.3 Å². The molecule has 3 rings (SSSR count). The maximum atomic E-state index is 12.5. The highest BCUT2D eigenvalue weighted by atomic mass is 16.1. The first-order valence-corrected chi connectivity index (χ1v) is 10.1. The number of amides is 1. The van der Waals surface area contributed by atoms with Gasteiger partial charge in [0.05, 0.1) is 0 Å². The van der Waals surface area contributed by atoms with Gasteiger partial charge in [-0.25, -0.2) is 0 Å². The van der Waals surface area contributed by atoms with Crippen LogP contribution in [0.3, 0.4) is 0 Å². The molecule has 0 saturated carbocycles. The average Bonchev–Trinajstić information content (AvgIpc) is 2.69. The SMILES string of the molecule is CN1CCC(CNC(=O)CC(N)c2ccccc2)(N2CCCCC2)CC1. The smallest absolute Gasteiger partial charge is 0.221 e. The fourth-order valence-electron chi connectivity index (χ4n) is 4.36. The third-order valence-electron chi connectivity index (χ3n) is 6.19. The molecule has 0 bridgehead atoms. The third-order valence-corrected chi connectivity index (χ3v) is 6.19. The number of carbonyl (C=O) groups excluding carboxylic acids is 1. The minimum absolute atomic E-state index is 0.0664. The number of hydrogen-bond donors (Lipinski definition) is 2. The Morgan fingerprint density at radius 1 is 1.12 bits per heavy atom. The Morgan fingerprint density at radius 3 is 2.42 bits per heavy atom. The first-order valence-electron chi connectivity index (χ1n) is 10.1. The van der Waals surface area contributed by atoms with Crippen LogP contribution in [0.15, 0.2) is 30.3 Å². The van der Waals surface area contributed by atoms with E-state index < -0.39 is 0 Å². The summed E-state index contributed by atoms with van der Waals surface area (Å²) in [4.78, 5) is 17.6. The molecule has 2 heterocycles. The number of rotatable bonds is 6. The molecule has 1 amide bonds. The summed E-state index contributed by atoms with van der Waals surface area (Å²) in [5.41, 5.74) is 7.37. The van der Waals surface area contributed by atoms with E-state index in [0.717, 1.165) is 38.0 Å². The normalized spacial score (nSPS) is 22.7. The lowest BCUT2D eigenvalue weighted by Crippen LogP contribution is -2.61. The molecule has 0 aromatic heterocycles. The molecule has 0 spiro atoms. The van der Waals surface area contributed by atoms with Crippen LogP contribution in [0, 0.1) is 0 Å². The van der Waals surface area contributed by atoms with Gasteiger partial charge in [0.2, 0.25) is 5.91 Å². The van der Waals surface area contributed by atoms with Crippen LogP contribution in [0.5, 0.6) is 0 Å². The number of nitrogens with zero attached hydrogens (tertiary/aromatic N) is 2. The molecule has 1 aromatic rings. The van der Waals surface area contributed by atoms with E-state index >= 15 is 0 Å². The van der Waals surface area contributed by atoms with Crippen molar-refractivity contribution in [3.63, 3.8) is 0 Å². The summed E-state index contributed by atoms with van der Waals surface area (Å²) in [6.07, 6.45) is 6.52. The van der Waals surface area contributed by atoms with Gasteiger partial charge in [-0.15, -0.1) is 0 Å². The number of carbonyl (C=O) groups is 1. The zero-order valence-electron chi connectivity index (χ0n) is 16.1. The van der Waals surface area contributed by atoms with Crippen molar-refractivity contribution in [2.24, 2.45) is 5.73 Å². The van der Waals surface area contributed by atoms with Crippen molar-refractivity contribution in [1.82, 2.24) is 15.1 Å². The highest BCUT2D eigenvalue weighted by Gasteiger charge is 2.39. The van der Waals surface area contributed by atoms with Crippen LogP contribution in [-0.2, 0) is 4.79 Å². The summed E-state index contributed by atoms with van der Waals surface area (Å²) in [6, 6.07) is 9.65. The van der Waals surface area contributed by atoms with Gasteiger partial charge in [-0.3, -0.25) is 9.69 Å². The van der Waals surface area contributed by atoms with E-state index in [1.54, 1.807) is 0 Å². The van der Waals surface area contributed by atoms with Gasteiger partial charge < -0.3 is 16.0 Å². The second kappa shape index (κ2) is 8.98. The van der Waals surface area contributed by atoms with E-state index in [4.69, 9.17) is 5.73 Å². The van der Waals surface area contributed by atoms with Crippen molar-refractivity contribution in [3.8, 4) is 0 Å². The Morgan fingerprint density at radius 2 is 1.77 bits per heavy atom. The highest BCUT2D eigenvalue weighted by Crippen LogP contribution is 2.31. The van der Waals surface area contributed by atoms with Crippen LogP contribution >= 0.6 is 0 Å². The van der Waals surface area contributed by atoms with Gasteiger partial charge in [-0.2, -0.15) is 0 Å². The van der Waals surface area contributed by atoms with Crippen molar-refractivity contribution in [2.75, 3.05) is 39.8 Å². The van der Waals surface area contributed by atoms with Crippen LogP contribution < -0.4 is 11.1 Å². The highest BCUT2D eigenvalue weighted by molar-refractivity contribution is 5.76. The van der Waals surface area contributed by atoms with E-state index in [-0.39, 0.29) is 17.5 Å². The zero-order valence-corrected chi connectivity index (χ0v) is 16.1. The van der Waals surface area contributed by atoms with Gasteiger partial charge in [0.25, 0.3) is 0 Å². The van der Waals surface area contributed by atoms with Gasteiger partial charge in [0.1, 0.15) is 0 Å². The maximum Gasteiger partial charge on any atom is 0.221 e. The molecular formula is C21H34N4O. The lowest BCUT2D eigenvalue weighted by molar-refractivity contribution is -0.122. The van der Waals surface area contributed by atoms with Gasteiger partial charge in [-0.05, 0) is 64.5 Å². The van der Waals surface area contributed by atoms with Gasteiger partial charge in [-0.1, -0.05) is 36.8 Å². The molecule has 3 N–H and O–H groups in total. The van der Waals surface area contributed by atoms with Gasteiger partial charge in [0, 0.05) is 24.5 Å². The Kier molecular flexibility index (Phi) is 6.68. The Hall–Kier alpha value is -1.43. The number of benzene rings is 1. The number of nitrogens with one attached hydrogen (secondary N) is 1. The summed E-state index contributed by atoms with van der Waals surface area (Å²) >= 11 is 0. The lowest BCUT2D eigenvalue weighted by atomic mass is 9.84. The van der Waals surface area contributed by atoms with Crippen molar-refractivity contribution < 1.29 is 4.79 Å². The maximum absolute atomic E-state index is 12.5. The molecule has 0 aliphatic carbocycles. The summed E-state index contributed by atoms with van der Waals surface area (Å²) in [5, 5.41) is 3.23. The number of nitrogens with two attached hydrogens (primary N) is 1. The average molecular weight is 359 g/mol. The Balaban J connectivity index is 1.57. The van der Waals surface area contributed by atoms with Crippen molar-refractivity contribution >= 4 is 5.91 Å². The molecule has 5 nitrogen and oxygen atoms in total. The van der Waals surface area contributed by atoms with E-state index in [0.29, 0.717) is 6.42 Å². The molecule has 5 heteroatoms. The quantitative estimate of drug-likeness (QED) is 0.818.